The molecule has 0 aliphatic heterocycles. The summed E-state index contributed by atoms with van der Waals surface area (Å²) in [6.45, 7) is 3.90. The monoisotopic (exact) mass is 388 g/mol. The number of likely N-dealkylation sites (N-methyl/N-ethyl adjacent to an activating group) is 1. The van der Waals surface area contributed by atoms with Gasteiger partial charge in [-0.3, -0.25) is 14.2 Å². The Kier molecular flexibility index (Phi) is 4.67. The molecule has 4 aromatic rings. The van der Waals surface area contributed by atoms with Gasteiger partial charge < -0.3 is 4.90 Å². The summed E-state index contributed by atoms with van der Waals surface area (Å²) in [6, 6.07) is 15.1. The first-order chi connectivity index (χ1) is 14.0. The zero-order chi connectivity index (χ0) is 20.5. The van der Waals surface area contributed by atoms with E-state index in [4.69, 9.17) is 0 Å². The maximum absolute atomic E-state index is 12.8. The third kappa shape index (κ3) is 3.40. The molecule has 0 fully saturated rings. The van der Waals surface area contributed by atoms with Crippen molar-refractivity contribution in [3.8, 4) is 5.69 Å². The van der Waals surface area contributed by atoms with Crippen molar-refractivity contribution in [1.82, 2.24) is 24.5 Å². The average molecular weight is 388 g/mol. The molecule has 0 saturated carbocycles. The first-order valence-electron chi connectivity index (χ1n) is 9.16. The number of nitrogens with zero attached hydrogens (tertiary/aromatic N) is 6. The normalized spacial score (nSPS) is 11.0. The van der Waals surface area contributed by atoms with Crippen LogP contribution in [0.4, 0.5) is 5.69 Å². The maximum atomic E-state index is 12.8. The number of amides is 1. The molecule has 0 spiro atoms. The van der Waals surface area contributed by atoms with Gasteiger partial charge in [-0.05, 0) is 49.2 Å². The Labute approximate surface area is 167 Å². The van der Waals surface area contributed by atoms with E-state index in [1.807, 2.05) is 62.4 Å². The van der Waals surface area contributed by atoms with Crippen molar-refractivity contribution in [3.05, 3.63) is 76.3 Å². The van der Waals surface area contributed by atoms with Crippen LogP contribution in [0, 0.1) is 13.8 Å². The summed E-state index contributed by atoms with van der Waals surface area (Å²) in [5.41, 5.74) is 3.88. The van der Waals surface area contributed by atoms with E-state index in [9.17, 15) is 9.59 Å². The highest BCUT2D eigenvalue weighted by Crippen LogP contribution is 2.16. The Morgan fingerprint density at radius 2 is 1.83 bits per heavy atom. The number of fused-ring (bicyclic) bond motifs is 1. The van der Waals surface area contributed by atoms with Crippen LogP contribution in [-0.2, 0) is 11.3 Å². The third-order valence-electron chi connectivity index (χ3n) is 4.99. The molecule has 0 N–H and O–H groups in total. The van der Waals surface area contributed by atoms with Gasteiger partial charge in [0.1, 0.15) is 12.9 Å². The second-order valence-electron chi connectivity index (χ2n) is 6.91. The minimum atomic E-state index is -0.403. The van der Waals surface area contributed by atoms with E-state index >= 15 is 0 Å². The lowest BCUT2D eigenvalue weighted by atomic mass is 10.1. The zero-order valence-corrected chi connectivity index (χ0v) is 16.4. The predicted molar refractivity (Wildman–Crippen MR) is 110 cm³/mol. The summed E-state index contributed by atoms with van der Waals surface area (Å²) < 4.78 is 2.79. The van der Waals surface area contributed by atoms with Crippen molar-refractivity contribution >= 4 is 22.8 Å². The Balaban J connectivity index is 1.66. The van der Waals surface area contributed by atoms with Crippen molar-refractivity contribution in [2.24, 2.45) is 0 Å². The van der Waals surface area contributed by atoms with Crippen molar-refractivity contribution < 1.29 is 4.79 Å². The van der Waals surface area contributed by atoms with Crippen LogP contribution in [0.2, 0.25) is 0 Å². The number of carbonyl (C=O) groups is 1. The van der Waals surface area contributed by atoms with Crippen LogP contribution in [0.1, 0.15) is 11.1 Å². The van der Waals surface area contributed by atoms with E-state index in [-0.39, 0.29) is 18.0 Å². The number of aryl methyl sites for hydroxylation is 2. The third-order valence-corrected chi connectivity index (χ3v) is 4.99. The van der Waals surface area contributed by atoms with Crippen LogP contribution < -0.4 is 10.5 Å². The summed E-state index contributed by atoms with van der Waals surface area (Å²) in [6.07, 6.45) is 1.36. The van der Waals surface area contributed by atoms with E-state index in [1.165, 1.54) is 20.5 Å². The molecule has 2 aromatic carbocycles. The number of carbonyl (C=O) groups excluding carboxylic acids is 1. The van der Waals surface area contributed by atoms with Gasteiger partial charge in [0.05, 0.1) is 5.69 Å². The molecule has 0 radical (unpaired) electrons. The van der Waals surface area contributed by atoms with Crippen LogP contribution >= 0.6 is 0 Å². The smallest absolute Gasteiger partial charge is 0.284 e. The Bertz CT molecular complexity index is 1260. The predicted octanol–water partition coefficient (Wildman–Crippen LogP) is 2.26. The van der Waals surface area contributed by atoms with E-state index in [2.05, 4.69) is 15.3 Å². The van der Waals surface area contributed by atoms with Gasteiger partial charge in [-0.15, -0.1) is 5.10 Å². The zero-order valence-electron chi connectivity index (χ0n) is 16.4. The number of para-hydroxylation sites is 1. The van der Waals surface area contributed by atoms with Crippen LogP contribution in [0.15, 0.2) is 59.7 Å². The fraction of sp³-hybridized carbons (Fsp3) is 0.190. The molecular formula is C21H20N6O2. The SMILES string of the molecule is Cc1ccc(-n2nnc3c(=O)n(CC(=O)N(C)c4ccccc4)cnc32)cc1C. The summed E-state index contributed by atoms with van der Waals surface area (Å²) in [7, 11) is 1.67. The van der Waals surface area contributed by atoms with Crippen LogP contribution in [0.25, 0.3) is 16.9 Å². The molecule has 0 aliphatic carbocycles. The first-order valence-corrected chi connectivity index (χ1v) is 9.16. The minimum Gasteiger partial charge on any atom is -0.314 e. The van der Waals surface area contributed by atoms with Crippen LogP contribution in [0.5, 0.6) is 0 Å². The average Bonchev–Trinajstić information content (AvgIpc) is 3.17. The highest BCUT2D eigenvalue weighted by molar-refractivity contribution is 5.92. The Morgan fingerprint density at radius 1 is 1.07 bits per heavy atom. The van der Waals surface area contributed by atoms with Crippen molar-refractivity contribution in [2.45, 2.75) is 20.4 Å². The standard InChI is InChI=1S/C21H20N6O2/c1-14-9-10-17(11-15(14)2)27-20-19(23-24-27)21(29)26(13-22-20)12-18(28)25(3)16-7-5-4-6-8-16/h4-11,13H,12H2,1-3H3. The largest absolute Gasteiger partial charge is 0.314 e. The summed E-state index contributed by atoms with van der Waals surface area (Å²) >= 11 is 0. The molecule has 0 saturated heterocycles. The van der Waals surface area contributed by atoms with Gasteiger partial charge in [-0.1, -0.05) is 29.5 Å². The molecule has 8 nitrogen and oxygen atoms in total. The van der Waals surface area contributed by atoms with E-state index in [1.54, 1.807) is 7.05 Å². The van der Waals surface area contributed by atoms with Gasteiger partial charge in [0, 0.05) is 12.7 Å². The lowest BCUT2D eigenvalue weighted by Crippen LogP contribution is -2.34. The quantitative estimate of drug-likeness (QED) is 0.535. The fourth-order valence-electron chi connectivity index (χ4n) is 3.04. The number of aromatic nitrogens is 5. The molecule has 8 heteroatoms. The number of benzene rings is 2. The lowest BCUT2D eigenvalue weighted by Gasteiger charge is -2.17. The molecule has 0 unspecified atom stereocenters. The molecule has 1 amide bonds. The lowest BCUT2D eigenvalue weighted by molar-refractivity contribution is -0.118. The molecule has 29 heavy (non-hydrogen) atoms. The van der Waals surface area contributed by atoms with E-state index in [0.29, 0.717) is 5.65 Å². The second-order valence-corrected chi connectivity index (χ2v) is 6.91. The number of rotatable bonds is 4. The van der Waals surface area contributed by atoms with Gasteiger partial charge in [0.2, 0.25) is 5.91 Å². The van der Waals surface area contributed by atoms with Crippen molar-refractivity contribution in [3.63, 3.8) is 0 Å². The number of anilines is 1. The first kappa shape index (κ1) is 18.5. The summed E-state index contributed by atoms with van der Waals surface area (Å²) in [5, 5.41) is 8.11. The van der Waals surface area contributed by atoms with Gasteiger partial charge >= 0.3 is 0 Å². The number of hydrogen-bond acceptors (Lipinski definition) is 5. The molecule has 4 rings (SSSR count). The van der Waals surface area contributed by atoms with Gasteiger partial charge in [-0.2, -0.15) is 4.68 Å². The van der Waals surface area contributed by atoms with Gasteiger partial charge in [0.15, 0.2) is 11.2 Å². The maximum Gasteiger partial charge on any atom is 0.284 e. The molecule has 0 bridgehead atoms. The van der Waals surface area contributed by atoms with Gasteiger partial charge in [0.25, 0.3) is 5.56 Å². The molecule has 0 aliphatic rings. The van der Waals surface area contributed by atoms with E-state index in [0.717, 1.165) is 22.5 Å². The number of hydrogen-bond donors (Lipinski definition) is 0. The van der Waals surface area contributed by atoms with Crippen LogP contribution in [0.3, 0.4) is 0 Å². The van der Waals surface area contributed by atoms with E-state index < -0.39 is 5.56 Å². The molecule has 0 atom stereocenters. The van der Waals surface area contributed by atoms with Crippen molar-refractivity contribution in [1.29, 1.82) is 0 Å². The Morgan fingerprint density at radius 3 is 2.55 bits per heavy atom. The molecule has 2 aromatic heterocycles. The topological polar surface area (TPSA) is 85.9 Å². The fourth-order valence-corrected chi connectivity index (χ4v) is 3.04. The summed E-state index contributed by atoms with van der Waals surface area (Å²) in [4.78, 5) is 31.3. The molecular weight excluding hydrogens is 368 g/mol. The van der Waals surface area contributed by atoms with Crippen LogP contribution in [-0.4, -0.2) is 37.5 Å². The molecule has 2 heterocycles. The summed E-state index contributed by atoms with van der Waals surface area (Å²) in [5.74, 6) is -0.235. The minimum absolute atomic E-state index is 0.126. The second kappa shape index (κ2) is 7.31. The highest BCUT2D eigenvalue weighted by atomic mass is 16.2. The Hall–Kier alpha value is -3.81. The molecule has 146 valence electrons. The van der Waals surface area contributed by atoms with Gasteiger partial charge in [-0.25, -0.2) is 4.98 Å². The van der Waals surface area contributed by atoms with Crippen molar-refractivity contribution in [2.75, 3.05) is 11.9 Å². The highest BCUT2D eigenvalue weighted by Gasteiger charge is 2.17.